The first-order valence-electron chi connectivity index (χ1n) is 8.21. The van der Waals surface area contributed by atoms with Gasteiger partial charge in [-0.15, -0.1) is 0 Å². The van der Waals surface area contributed by atoms with Crippen LogP contribution in [0, 0.1) is 20.8 Å². The Morgan fingerprint density at radius 1 is 1.14 bits per heavy atom. The van der Waals surface area contributed by atoms with Gasteiger partial charge >= 0.3 is 0 Å². The highest BCUT2D eigenvalue weighted by atomic mass is 16.2. The second-order valence-electron chi connectivity index (χ2n) is 6.05. The minimum atomic E-state index is -0.0379. The Hall–Kier alpha value is -1.90. The van der Waals surface area contributed by atoms with Crippen molar-refractivity contribution in [3.05, 3.63) is 52.3 Å². The molecule has 2 aromatic rings. The molecule has 1 heterocycles. The van der Waals surface area contributed by atoms with Crippen LogP contribution in [0.2, 0.25) is 0 Å². The quantitative estimate of drug-likeness (QED) is 0.729. The molecule has 0 radical (unpaired) electrons. The molecule has 0 aliphatic rings. The monoisotopic (exact) mass is 298 g/mol. The van der Waals surface area contributed by atoms with E-state index in [1.807, 2.05) is 45.0 Å². The summed E-state index contributed by atoms with van der Waals surface area (Å²) < 4.78 is 1.57. The third-order valence-corrected chi connectivity index (χ3v) is 4.18. The van der Waals surface area contributed by atoms with Crippen LogP contribution in [0.4, 0.5) is 0 Å². The van der Waals surface area contributed by atoms with E-state index in [0.717, 1.165) is 23.4 Å². The van der Waals surface area contributed by atoms with Crippen LogP contribution in [0.15, 0.2) is 24.3 Å². The third-order valence-electron chi connectivity index (χ3n) is 4.18. The second-order valence-corrected chi connectivity index (χ2v) is 6.05. The highest BCUT2D eigenvalue weighted by molar-refractivity contribution is 5.96. The Morgan fingerprint density at radius 2 is 1.91 bits per heavy atom. The van der Waals surface area contributed by atoms with Gasteiger partial charge in [0.15, 0.2) is 0 Å². The number of hydrogen-bond donors (Lipinski definition) is 0. The van der Waals surface area contributed by atoms with E-state index < -0.39 is 0 Å². The molecule has 0 aliphatic heterocycles. The fourth-order valence-electron chi connectivity index (χ4n) is 2.86. The van der Waals surface area contributed by atoms with E-state index in [-0.39, 0.29) is 5.91 Å². The first-order chi connectivity index (χ1) is 10.5. The van der Waals surface area contributed by atoms with Crippen LogP contribution >= 0.6 is 0 Å². The molecule has 0 aliphatic carbocycles. The van der Waals surface area contributed by atoms with Crippen molar-refractivity contribution < 1.29 is 4.79 Å². The molecule has 1 aromatic heterocycles. The van der Waals surface area contributed by atoms with Gasteiger partial charge in [0.25, 0.3) is 5.91 Å². The molecule has 0 bridgehead atoms. The van der Waals surface area contributed by atoms with Crippen LogP contribution in [-0.4, -0.2) is 15.7 Å². The molecule has 118 valence electrons. The van der Waals surface area contributed by atoms with Gasteiger partial charge in [-0.05, 0) is 51.3 Å². The predicted molar refractivity (Wildman–Crippen MR) is 90.5 cm³/mol. The summed E-state index contributed by atoms with van der Waals surface area (Å²) in [6.07, 6.45) is 5.93. The number of benzene rings is 1. The van der Waals surface area contributed by atoms with E-state index >= 15 is 0 Å². The molecule has 0 atom stereocenters. The Bertz CT molecular complexity index is 655. The lowest BCUT2D eigenvalue weighted by molar-refractivity contribution is 0.0942. The summed E-state index contributed by atoms with van der Waals surface area (Å²) in [7, 11) is 0. The summed E-state index contributed by atoms with van der Waals surface area (Å²) in [5, 5.41) is 4.48. The Balaban J connectivity index is 2.20. The molecule has 3 heteroatoms. The van der Waals surface area contributed by atoms with Gasteiger partial charge in [-0.1, -0.05) is 43.9 Å². The lowest BCUT2D eigenvalue weighted by Crippen LogP contribution is -2.15. The molecule has 0 N–H and O–H groups in total. The summed E-state index contributed by atoms with van der Waals surface area (Å²) >= 11 is 0. The summed E-state index contributed by atoms with van der Waals surface area (Å²) in [6, 6.07) is 7.68. The van der Waals surface area contributed by atoms with E-state index in [1.165, 1.54) is 31.2 Å². The van der Waals surface area contributed by atoms with Gasteiger partial charge in [0.05, 0.1) is 5.69 Å². The van der Waals surface area contributed by atoms with Gasteiger partial charge in [-0.3, -0.25) is 4.79 Å². The fourth-order valence-corrected chi connectivity index (χ4v) is 2.86. The lowest BCUT2D eigenvalue weighted by Gasteiger charge is -2.05. The topological polar surface area (TPSA) is 34.9 Å². The molecule has 22 heavy (non-hydrogen) atoms. The van der Waals surface area contributed by atoms with Crippen molar-refractivity contribution in [1.29, 1.82) is 0 Å². The van der Waals surface area contributed by atoms with E-state index in [1.54, 1.807) is 4.68 Å². The number of unbranched alkanes of at least 4 members (excludes halogenated alkanes) is 3. The fraction of sp³-hybridized carbons (Fsp3) is 0.474. The maximum Gasteiger partial charge on any atom is 0.278 e. The number of carbonyl (C=O) groups is 1. The largest absolute Gasteiger partial charge is 0.278 e. The zero-order valence-electron chi connectivity index (χ0n) is 14.1. The molecule has 2 rings (SSSR count). The number of rotatable bonds is 6. The molecule has 0 fully saturated rings. The van der Waals surface area contributed by atoms with Crippen LogP contribution in [-0.2, 0) is 6.42 Å². The van der Waals surface area contributed by atoms with Crippen LogP contribution in [0.3, 0.4) is 0 Å². The van der Waals surface area contributed by atoms with E-state index in [9.17, 15) is 4.79 Å². The smallest absolute Gasteiger partial charge is 0.267 e. The number of nitrogens with zero attached hydrogens (tertiary/aromatic N) is 2. The first-order valence-corrected chi connectivity index (χ1v) is 8.21. The van der Waals surface area contributed by atoms with Crippen molar-refractivity contribution in [2.45, 2.75) is 59.8 Å². The standard InChI is InChI=1S/C19H26N2O/c1-5-6-7-8-12-18-15(3)20-21(16(18)4)19(22)17-11-9-10-14(2)13-17/h9-11,13H,5-8,12H2,1-4H3. The van der Waals surface area contributed by atoms with Crippen LogP contribution in [0.1, 0.15) is 65.5 Å². The van der Waals surface area contributed by atoms with Crippen molar-refractivity contribution in [2.24, 2.45) is 0 Å². The molecule has 3 nitrogen and oxygen atoms in total. The average Bonchev–Trinajstić information content (AvgIpc) is 2.78. The number of hydrogen-bond acceptors (Lipinski definition) is 2. The zero-order chi connectivity index (χ0) is 16.1. The Morgan fingerprint density at radius 3 is 2.59 bits per heavy atom. The molecule has 0 amide bonds. The van der Waals surface area contributed by atoms with E-state index in [0.29, 0.717) is 5.56 Å². The van der Waals surface area contributed by atoms with E-state index in [4.69, 9.17) is 0 Å². The molecule has 0 unspecified atom stereocenters. The molecular weight excluding hydrogens is 272 g/mol. The minimum Gasteiger partial charge on any atom is -0.267 e. The van der Waals surface area contributed by atoms with Gasteiger partial charge in [0.1, 0.15) is 0 Å². The third kappa shape index (κ3) is 3.65. The molecule has 1 aromatic carbocycles. The Labute approximate surface area is 133 Å². The van der Waals surface area contributed by atoms with Gasteiger partial charge in [0.2, 0.25) is 0 Å². The van der Waals surface area contributed by atoms with E-state index in [2.05, 4.69) is 12.0 Å². The van der Waals surface area contributed by atoms with Crippen molar-refractivity contribution >= 4 is 5.91 Å². The maximum absolute atomic E-state index is 12.7. The number of aryl methyl sites for hydroxylation is 2. The van der Waals surface area contributed by atoms with Crippen LogP contribution < -0.4 is 0 Å². The highest BCUT2D eigenvalue weighted by Crippen LogP contribution is 2.18. The van der Waals surface area contributed by atoms with Crippen molar-refractivity contribution in [1.82, 2.24) is 9.78 Å². The van der Waals surface area contributed by atoms with Crippen molar-refractivity contribution in [3.63, 3.8) is 0 Å². The van der Waals surface area contributed by atoms with Crippen molar-refractivity contribution in [3.8, 4) is 0 Å². The lowest BCUT2D eigenvalue weighted by atomic mass is 10.0. The Kier molecular flexibility index (Phi) is 5.53. The predicted octanol–water partition coefficient (Wildman–Crippen LogP) is 4.62. The summed E-state index contributed by atoms with van der Waals surface area (Å²) in [6.45, 7) is 8.22. The maximum atomic E-state index is 12.7. The van der Waals surface area contributed by atoms with Gasteiger partial charge in [-0.25, -0.2) is 4.68 Å². The van der Waals surface area contributed by atoms with Gasteiger partial charge in [-0.2, -0.15) is 5.10 Å². The summed E-state index contributed by atoms with van der Waals surface area (Å²) in [5.41, 5.74) is 4.99. The number of carbonyl (C=O) groups excluding carboxylic acids is 1. The molecular formula is C19H26N2O. The molecule has 0 saturated heterocycles. The molecule has 0 spiro atoms. The van der Waals surface area contributed by atoms with Crippen LogP contribution in [0.25, 0.3) is 0 Å². The highest BCUT2D eigenvalue weighted by Gasteiger charge is 2.17. The minimum absolute atomic E-state index is 0.0379. The second kappa shape index (κ2) is 7.39. The average molecular weight is 298 g/mol. The van der Waals surface area contributed by atoms with Gasteiger partial charge < -0.3 is 0 Å². The normalized spacial score (nSPS) is 10.9. The zero-order valence-corrected chi connectivity index (χ0v) is 14.1. The SMILES string of the molecule is CCCCCCc1c(C)nn(C(=O)c2cccc(C)c2)c1C. The van der Waals surface area contributed by atoms with Crippen LogP contribution in [0.5, 0.6) is 0 Å². The number of aromatic nitrogens is 2. The summed E-state index contributed by atoms with van der Waals surface area (Å²) in [4.78, 5) is 12.7. The molecule has 0 saturated carbocycles. The summed E-state index contributed by atoms with van der Waals surface area (Å²) in [5.74, 6) is -0.0379. The van der Waals surface area contributed by atoms with Gasteiger partial charge in [0, 0.05) is 11.3 Å². The first kappa shape index (κ1) is 16.5. The van der Waals surface area contributed by atoms with Crippen molar-refractivity contribution in [2.75, 3.05) is 0 Å².